The van der Waals surface area contributed by atoms with E-state index in [2.05, 4.69) is 34.5 Å². The van der Waals surface area contributed by atoms with Crippen LogP contribution in [0.25, 0.3) is 0 Å². The number of carbonyl (C=O) groups is 1. The van der Waals surface area contributed by atoms with E-state index >= 15 is 0 Å². The highest BCUT2D eigenvalue weighted by Gasteiger charge is 2.29. The van der Waals surface area contributed by atoms with Crippen LogP contribution in [-0.4, -0.2) is 43.0 Å². The third-order valence-corrected chi connectivity index (χ3v) is 4.80. The van der Waals surface area contributed by atoms with Gasteiger partial charge < -0.3 is 16.0 Å². The van der Waals surface area contributed by atoms with Crippen LogP contribution < -0.4 is 11.1 Å². The summed E-state index contributed by atoms with van der Waals surface area (Å²) < 4.78 is 0. The first kappa shape index (κ1) is 14.5. The number of likely N-dealkylation sites (tertiary alicyclic amines) is 1. The fourth-order valence-corrected chi connectivity index (χ4v) is 3.55. The largest absolute Gasteiger partial charge is 0.353 e. The number of nitrogens with one attached hydrogen (secondary N) is 1. The smallest absolute Gasteiger partial charge is 0.223 e. The van der Waals surface area contributed by atoms with Crippen molar-refractivity contribution in [3.63, 3.8) is 0 Å². The average Bonchev–Trinajstić information content (AvgIpc) is 2.94. The summed E-state index contributed by atoms with van der Waals surface area (Å²) in [6.45, 7) is 3.79. The Bertz CT molecular complexity index is 470. The summed E-state index contributed by atoms with van der Waals surface area (Å²) >= 11 is 0. The van der Waals surface area contributed by atoms with Crippen LogP contribution in [0.1, 0.15) is 24.0 Å². The number of hydrogen-bond donors (Lipinski definition) is 2. The first-order valence-corrected chi connectivity index (χ1v) is 8.06. The van der Waals surface area contributed by atoms with Crippen molar-refractivity contribution in [2.45, 2.75) is 31.7 Å². The zero-order valence-corrected chi connectivity index (χ0v) is 12.6. The lowest BCUT2D eigenvalue weighted by atomic mass is 10.0. The molecule has 1 heterocycles. The summed E-state index contributed by atoms with van der Waals surface area (Å²) in [6.07, 6.45) is 3.89. The van der Waals surface area contributed by atoms with Gasteiger partial charge in [-0.25, -0.2) is 0 Å². The van der Waals surface area contributed by atoms with Crippen LogP contribution in [0.4, 0.5) is 0 Å². The van der Waals surface area contributed by atoms with Crippen molar-refractivity contribution in [1.29, 1.82) is 0 Å². The van der Waals surface area contributed by atoms with Gasteiger partial charge in [0, 0.05) is 38.1 Å². The summed E-state index contributed by atoms with van der Waals surface area (Å²) in [4.78, 5) is 14.8. The van der Waals surface area contributed by atoms with Crippen LogP contribution in [0, 0.1) is 5.92 Å². The summed E-state index contributed by atoms with van der Waals surface area (Å²) in [7, 11) is 0. The van der Waals surface area contributed by atoms with E-state index in [4.69, 9.17) is 5.73 Å². The van der Waals surface area contributed by atoms with E-state index in [-0.39, 0.29) is 11.8 Å². The van der Waals surface area contributed by atoms with E-state index < -0.39 is 0 Å². The maximum atomic E-state index is 12.4. The molecule has 0 saturated carbocycles. The van der Waals surface area contributed by atoms with Gasteiger partial charge in [0.2, 0.25) is 5.91 Å². The lowest BCUT2D eigenvalue weighted by Crippen LogP contribution is -2.47. The van der Waals surface area contributed by atoms with Gasteiger partial charge in [-0.1, -0.05) is 24.3 Å². The molecule has 4 nitrogen and oxygen atoms in total. The van der Waals surface area contributed by atoms with Crippen LogP contribution in [0.3, 0.4) is 0 Å². The van der Waals surface area contributed by atoms with Gasteiger partial charge >= 0.3 is 0 Å². The lowest BCUT2D eigenvalue weighted by Gasteiger charge is -2.32. The zero-order valence-electron chi connectivity index (χ0n) is 12.6. The van der Waals surface area contributed by atoms with Gasteiger partial charge in [0.1, 0.15) is 0 Å². The quantitative estimate of drug-likeness (QED) is 0.866. The molecule has 1 aromatic rings. The molecule has 0 aromatic heterocycles. The first-order chi connectivity index (χ1) is 10.3. The van der Waals surface area contributed by atoms with Crippen LogP contribution in [0.15, 0.2) is 24.3 Å². The molecule has 1 amide bonds. The van der Waals surface area contributed by atoms with Gasteiger partial charge in [-0.2, -0.15) is 0 Å². The Hall–Kier alpha value is -1.39. The van der Waals surface area contributed by atoms with Crippen molar-refractivity contribution in [2.75, 3.05) is 26.2 Å². The SMILES string of the molecule is NCCN1CCC(NC(=O)C2Cc3ccccc3C2)CC1. The third kappa shape index (κ3) is 3.44. The Balaban J connectivity index is 1.48. The molecule has 2 aliphatic rings. The van der Waals surface area contributed by atoms with Crippen molar-refractivity contribution in [2.24, 2.45) is 11.7 Å². The summed E-state index contributed by atoms with van der Waals surface area (Å²) in [5.74, 6) is 0.368. The number of rotatable bonds is 4. The van der Waals surface area contributed by atoms with E-state index in [9.17, 15) is 4.79 Å². The second-order valence-electron chi connectivity index (χ2n) is 6.29. The summed E-state index contributed by atoms with van der Waals surface area (Å²) in [5.41, 5.74) is 8.27. The Morgan fingerprint density at radius 2 is 1.81 bits per heavy atom. The average molecular weight is 287 g/mol. The molecule has 4 heteroatoms. The molecule has 1 aliphatic carbocycles. The number of amides is 1. The minimum Gasteiger partial charge on any atom is -0.353 e. The van der Waals surface area contributed by atoms with Gasteiger partial charge in [-0.15, -0.1) is 0 Å². The minimum absolute atomic E-state index is 0.129. The number of fused-ring (bicyclic) bond motifs is 1. The number of piperidine rings is 1. The monoisotopic (exact) mass is 287 g/mol. The fraction of sp³-hybridized carbons (Fsp3) is 0.588. The second-order valence-corrected chi connectivity index (χ2v) is 6.29. The Morgan fingerprint density at radius 3 is 2.38 bits per heavy atom. The highest BCUT2D eigenvalue weighted by atomic mass is 16.1. The minimum atomic E-state index is 0.129. The van der Waals surface area contributed by atoms with E-state index in [0.29, 0.717) is 6.04 Å². The molecule has 0 spiro atoms. The third-order valence-electron chi connectivity index (χ3n) is 4.80. The van der Waals surface area contributed by atoms with E-state index in [1.54, 1.807) is 0 Å². The lowest BCUT2D eigenvalue weighted by molar-refractivity contribution is -0.125. The molecule has 3 N–H and O–H groups in total. The number of benzene rings is 1. The number of hydrogen-bond acceptors (Lipinski definition) is 3. The molecule has 3 rings (SSSR count). The zero-order chi connectivity index (χ0) is 14.7. The first-order valence-electron chi connectivity index (χ1n) is 8.06. The van der Waals surface area contributed by atoms with Gasteiger partial charge in [0.15, 0.2) is 0 Å². The van der Waals surface area contributed by atoms with Crippen LogP contribution >= 0.6 is 0 Å². The van der Waals surface area contributed by atoms with Crippen molar-refractivity contribution < 1.29 is 4.79 Å². The maximum Gasteiger partial charge on any atom is 0.223 e. The van der Waals surface area contributed by atoms with E-state index in [1.807, 2.05) is 0 Å². The highest BCUT2D eigenvalue weighted by molar-refractivity contribution is 5.80. The topological polar surface area (TPSA) is 58.4 Å². The molecule has 0 atom stereocenters. The van der Waals surface area contributed by atoms with Crippen LogP contribution in [0.2, 0.25) is 0 Å². The second kappa shape index (κ2) is 6.58. The molecular weight excluding hydrogens is 262 g/mol. The van der Waals surface area contributed by atoms with E-state index in [1.165, 1.54) is 11.1 Å². The molecule has 1 fully saturated rings. The van der Waals surface area contributed by atoms with Gasteiger partial charge in [-0.05, 0) is 36.8 Å². The number of nitrogens with zero attached hydrogens (tertiary/aromatic N) is 1. The normalized spacial score (nSPS) is 20.4. The van der Waals surface area contributed by atoms with E-state index in [0.717, 1.165) is 51.9 Å². The van der Waals surface area contributed by atoms with Crippen molar-refractivity contribution in [3.8, 4) is 0 Å². The van der Waals surface area contributed by atoms with Crippen molar-refractivity contribution >= 4 is 5.91 Å². The van der Waals surface area contributed by atoms with Crippen molar-refractivity contribution in [1.82, 2.24) is 10.2 Å². The molecule has 1 aliphatic heterocycles. The summed E-state index contributed by atoms with van der Waals surface area (Å²) in [6, 6.07) is 8.76. The van der Waals surface area contributed by atoms with Gasteiger partial charge in [-0.3, -0.25) is 4.79 Å². The molecule has 0 radical (unpaired) electrons. The van der Waals surface area contributed by atoms with Crippen LogP contribution in [-0.2, 0) is 17.6 Å². The fourth-order valence-electron chi connectivity index (χ4n) is 3.55. The van der Waals surface area contributed by atoms with Crippen LogP contribution in [0.5, 0.6) is 0 Å². The predicted molar refractivity (Wildman–Crippen MR) is 84.0 cm³/mol. The van der Waals surface area contributed by atoms with Gasteiger partial charge in [0.05, 0.1) is 0 Å². The Labute approximate surface area is 126 Å². The maximum absolute atomic E-state index is 12.4. The highest BCUT2D eigenvalue weighted by Crippen LogP contribution is 2.26. The molecule has 21 heavy (non-hydrogen) atoms. The predicted octanol–water partition coefficient (Wildman–Crippen LogP) is 0.941. The van der Waals surface area contributed by atoms with Crippen molar-refractivity contribution in [3.05, 3.63) is 35.4 Å². The summed E-state index contributed by atoms with van der Waals surface area (Å²) in [5, 5.41) is 3.26. The molecule has 0 bridgehead atoms. The molecule has 0 unspecified atom stereocenters. The number of carbonyl (C=O) groups excluding carboxylic acids is 1. The number of nitrogens with two attached hydrogens (primary N) is 1. The molecule has 1 aromatic carbocycles. The van der Waals surface area contributed by atoms with Gasteiger partial charge in [0.25, 0.3) is 0 Å². The Kier molecular flexibility index (Phi) is 4.56. The Morgan fingerprint density at radius 1 is 1.19 bits per heavy atom. The molecule has 1 saturated heterocycles. The standard InChI is InChI=1S/C17H25N3O/c18-7-10-20-8-5-16(6-9-20)19-17(21)15-11-13-3-1-2-4-14(13)12-15/h1-4,15-16H,5-12,18H2,(H,19,21). The molecule has 114 valence electrons. The molecular formula is C17H25N3O.